The van der Waals surface area contributed by atoms with E-state index in [2.05, 4.69) is 11.6 Å². The molecule has 0 spiro atoms. The van der Waals surface area contributed by atoms with Crippen molar-refractivity contribution in [3.63, 3.8) is 0 Å². The number of carbonyl (C=O) groups is 1. The normalized spacial score (nSPS) is 12.5. The summed E-state index contributed by atoms with van der Waals surface area (Å²) >= 11 is 5.55. The fourth-order valence-electron chi connectivity index (χ4n) is 2.56. The Balaban J connectivity index is 2.44. The van der Waals surface area contributed by atoms with Crippen molar-refractivity contribution in [2.75, 3.05) is 12.5 Å². The molecule has 1 atom stereocenters. The summed E-state index contributed by atoms with van der Waals surface area (Å²) < 4.78 is 45.9. The van der Waals surface area contributed by atoms with E-state index >= 15 is 0 Å². The highest BCUT2D eigenvalue weighted by Crippen LogP contribution is 2.26. The quantitative estimate of drug-likeness (QED) is 0.537. The Morgan fingerprint density at radius 3 is 2.52 bits per heavy atom. The van der Waals surface area contributed by atoms with Crippen molar-refractivity contribution < 1.29 is 27.4 Å². The van der Waals surface area contributed by atoms with Crippen LogP contribution in [0.15, 0.2) is 66.1 Å². The zero-order valence-corrected chi connectivity index (χ0v) is 16.9. The zero-order valence-electron chi connectivity index (χ0n) is 15.4. The first-order chi connectivity index (χ1) is 13.8. The van der Waals surface area contributed by atoms with E-state index in [9.17, 15) is 22.7 Å². The lowest BCUT2D eigenvalue weighted by Gasteiger charge is -2.28. The molecule has 0 amide bonds. The molecule has 0 saturated carbocycles. The van der Waals surface area contributed by atoms with E-state index in [0.717, 1.165) is 4.31 Å². The molecule has 0 fully saturated rings. The lowest BCUT2D eigenvalue weighted by Crippen LogP contribution is -2.44. The third kappa shape index (κ3) is 6.25. The fraction of sp³-hybridized carbons (Fsp3) is 0.263. The Kier molecular flexibility index (Phi) is 8.12. The van der Waals surface area contributed by atoms with E-state index < -0.39 is 34.3 Å². The van der Waals surface area contributed by atoms with Crippen LogP contribution >= 0.6 is 11.6 Å². The Morgan fingerprint density at radius 2 is 2.00 bits per heavy atom. The first kappa shape index (κ1) is 22.8. The van der Waals surface area contributed by atoms with Gasteiger partial charge in [-0.3, -0.25) is 9.78 Å². The molecule has 1 heterocycles. The molecule has 29 heavy (non-hydrogen) atoms. The maximum Gasteiger partial charge on any atom is 0.322 e. The Bertz CT molecular complexity index is 939. The predicted octanol–water partition coefficient (Wildman–Crippen LogP) is 3.22. The largest absolute Gasteiger partial charge is 0.492 e. The summed E-state index contributed by atoms with van der Waals surface area (Å²) in [6, 6.07) is 6.97. The van der Waals surface area contributed by atoms with Crippen molar-refractivity contribution in [3.05, 3.63) is 66.8 Å². The van der Waals surface area contributed by atoms with E-state index in [-0.39, 0.29) is 23.9 Å². The van der Waals surface area contributed by atoms with Crippen LogP contribution in [0.2, 0.25) is 0 Å². The number of rotatable bonds is 11. The summed E-state index contributed by atoms with van der Waals surface area (Å²) in [5.41, 5.74) is 0.453. The minimum Gasteiger partial charge on any atom is -0.492 e. The van der Waals surface area contributed by atoms with Gasteiger partial charge in [0.25, 0.3) is 0 Å². The number of carboxylic acids is 1. The van der Waals surface area contributed by atoms with Gasteiger partial charge >= 0.3 is 5.97 Å². The van der Waals surface area contributed by atoms with Crippen LogP contribution in [-0.2, 0) is 21.4 Å². The molecule has 10 heteroatoms. The van der Waals surface area contributed by atoms with Crippen molar-refractivity contribution in [1.82, 2.24) is 9.29 Å². The summed E-state index contributed by atoms with van der Waals surface area (Å²) in [7, 11) is -4.29. The molecular weight excluding hydrogens is 423 g/mol. The van der Waals surface area contributed by atoms with Crippen LogP contribution in [0, 0.1) is 0 Å². The minimum atomic E-state index is -4.29. The van der Waals surface area contributed by atoms with E-state index in [1.54, 1.807) is 12.1 Å². The Hall–Kier alpha value is -2.49. The molecule has 0 aliphatic heterocycles. The average molecular weight is 443 g/mol. The number of sulfonamides is 1. The highest BCUT2D eigenvalue weighted by molar-refractivity contribution is 7.89. The second-order valence-corrected chi connectivity index (χ2v) is 8.26. The number of benzene rings is 1. The maximum atomic E-state index is 13.5. The molecule has 2 aromatic rings. The van der Waals surface area contributed by atoms with Crippen LogP contribution in [0.5, 0.6) is 5.75 Å². The van der Waals surface area contributed by atoms with Gasteiger partial charge in [-0.1, -0.05) is 12.6 Å². The second-order valence-electron chi connectivity index (χ2n) is 6.00. The molecule has 1 N–H and O–H groups in total. The lowest BCUT2D eigenvalue weighted by atomic mass is 10.2. The highest BCUT2D eigenvalue weighted by atomic mass is 35.5. The standard InChI is InChI=1S/C19H20ClFN2O5S/c1-14(21)11-18(19(24)25)23(13-15-3-2-9-22-12-15)29(26,27)17-6-4-16(5-7-17)28-10-8-20/h2-7,9,12,18H,1,8,10-11,13H2,(H,24,25)/t18-/m1/s1. The van der Waals surface area contributed by atoms with Gasteiger partial charge in [-0.05, 0) is 35.9 Å². The molecular formula is C19H20ClFN2O5S. The average Bonchev–Trinajstić information content (AvgIpc) is 2.69. The van der Waals surface area contributed by atoms with Crippen molar-refractivity contribution in [2.45, 2.75) is 23.9 Å². The fourth-order valence-corrected chi connectivity index (χ4v) is 4.20. The van der Waals surface area contributed by atoms with Crippen molar-refractivity contribution >= 4 is 27.6 Å². The van der Waals surface area contributed by atoms with Gasteiger partial charge in [-0.15, -0.1) is 11.6 Å². The smallest absolute Gasteiger partial charge is 0.322 e. The van der Waals surface area contributed by atoms with Crippen LogP contribution in [0.25, 0.3) is 0 Å². The van der Waals surface area contributed by atoms with Crippen LogP contribution in [0.4, 0.5) is 4.39 Å². The molecule has 0 aliphatic rings. The topological polar surface area (TPSA) is 96.8 Å². The number of halogens is 2. The molecule has 0 aliphatic carbocycles. The lowest BCUT2D eigenvalue weighted by molar-refractivity contribution is -0.141. The van der Waals surface area contributed by atoms with E-state index in [4.69, 9.17) is 16.3 Å². The van der Waals surface area contributed by atoms with Crippen LogP contribution < -0.4 is 4.74 Å². The van der Waals surface area contributed by atoms with E-state index in [1.165, 1.54) is 36.7 Å². The molecule has 1 aromatic heterocycles. The van der Waals surface area contributed by atoms with E-state index in [1.807, 2.05) is 0 Å². The molecule has 1 aromatic carbocycles. The number of carboxylic acid groups (broad SMARTS) is 1. The molecule has 0 bridgehead atoms. The van der Waals surface area contributed by atoms with Crippen molar-refractivity contribution in [1.29, 1.82) is 0 Å². The first-order valence-electron chi connectivity index (χ1n) is 8.51. The number of hydrogen-bond acceptors (Lipinski definition) is 5. The summed E-state index contributed by atoms with van der Waals surface area (Å²) in [5.74, 6) is -1.74. The third-order valence-electron chi connectivity index (χ3n) is 3.88. The summed E-state index contributed by atoms with van der Waals surface area (Å²) in [4.78, 5) is 15.5. The highest BCUT2D eigenvalue weighted by Gasteiger charge is 2.36. The third-order valence-corrected chi connectivity index (χ3v) is 5.91. The van der Waals surface area contributed by atoms with E-state index in [0.29, 0.717) is 11.3 Å². The minimum absolute atomic E-state index is 0.157. The Labute approximate surface area is 173 Å². The van der Waals surface area contributed by atoms with Gasteiger partial charge in [0.15, 0.2) is 0 Å². The molecule has 7 nitrogen and oxygen atoms in total. The van der Waals surface area contributed by atoms with Gasteiger partial charge in [0, 0.05) is 25.4 Å². The number of ether oxygens (including phenoxy) is 1. The van der Waals surface area contributed by atoms with Gasteiger partial charge in [0.05, 0.1) is 16.6 Å². The SMILES string of the molecule is C=C(F)C[C@H](C(=O)O)N(Cc1cccnc1)S(=O)(=O)c1ccc(OCCCl)cc1. The summed E-state index contributed by atoms with van der Waals surface area (Å²) in [5, 5.41) is 9.56. The summed E-state index contributed by atoms with van der Waals surface area (Å²) in [6.07, 6.45) is 2.24. The van der Waals surface area contributed by atoms with Gasteiger partial charge in [-0.2, -0.15) is 4.31 Å². The molecule has 2 rings (SSSR count). The van der Waals surface area contributed by atoms with Gasteiger partial charge in [0.2, 0.25) is 10.0 Å². The molecule has 0 unspecified atom stereocenters. The number of hydrogen-bond donors (Lipinski definition) is 1. The molecule has 0 saturated heterocycles. The van der Waals surface area contributed by atoms with Gasteiger partial charge in [-0.25, -0.2) is 12.8 Å². The van der Waals surface area contributed by atoms with Gasteiger partial charge in [0.1, 0.15) is 18.4 Å². The maximum absolute atomic E-state index is 13.5. The van der Waals surface area contributed by atoms with Crippen molar-refractivity contribution in [3.8, 4) is 5.75 Å². The van der Waals surface area contributed by atoms with Gasteiger partial charge < -0.3 is 9.84 Å². The van der Waals surface area contributed by atoms with Crippen molar-refractivity contribution in [2.24, 2.45) is 0 Å². The number of alkyl halides is 1. The molecule has 156 valence electrons. The van der Waals surface area contributed by atoms with Crippen LogP contribution in [0.1, 0.15) is 12.0 Å². The number of aromatic nitrogens is 1. The second kappa shape index (κ2) is 10.3. The van der Waals surface area contributed by atoms with Crippen LogP contribution in [0.3, 0.4) is 0 Å². The predicted molar refractivity (Wildman–Crippen MR) is 106 cm³/mol. The Morgan fingerprint density at radius 1 is 1.31 bits per heavy atom. The number of aliphatic carboxylic acids is 1. The molecule has 0 radical (unpaired) electrons. The number of nitrogens with zero attached hydrogens (tertiary/aromatic N) is 2. The number of pyridine rings is 1. The first-order valence-corrected chi connectivity index (χ1v) is 10.5. The zero-order chi connectivity index (χ0) is 21.4. The van der Waals surface area contributed by atoms with Crippen LogP contribution in [-0.4, -0.2) is 47.3 Å². The summed E-state index contributed by atoms with van der Waals surface area (Å²) in [6.45, 7) is 3.02. The monoisotopic (exact) mass is 442 g/mol.